The Hall–Kier alpha value is -2.21. The van der Waals surface area contributed by atoms with E-state index >= 15 is 0 Å². The van der Waals surface area contributed by atoms with Gasteiger partial charge >= 0.3 is 0 Å². The predicted octanol–water partition coefficient (Wildman–Crippen LogP) is 2.52. The number of rotatable bonds is 3. The highest BCUT2D eigenvalue weighted by atomic mass is 16.5. The smallest absolute Gasteiger partial charge is 0.223 e. The van der Waals surface area contributed by atoms with Gasteiger partial charge in [0.05, 0.1) is 13.2 Å². The lowest BCUT2D eigenvalue weighted by atomic mass is 9.81. The van der Waals surface area contributed by atoms with Crippen molar-refractivity contribution in [2.45, 2.75) is 44.6 Å². The lowest BCUT2D eigenvalue weighted by Crippen LogP contribution is -2.43. The van der Waals surface area contributed by atoms with E-state index in [1.54, 1.807) is 0 Å². The summed E-state index contributed by atoms with van der Waals surface area (Å²) in [4.78, 5) is 19.1. The van der Waals surface area contributed by atoms with E-state index in [4.69, 9.17) is 4.74 Å². The van der Waals surface area contributed by atoms with E-state index in [1.807, 2.05) is 11.8 Å². The largest absolute Gasteiger partial charge is 0.366 e. The number of nitrogens with zero attached hydrogens (tertiary/aromatic N) is 3. The number of ether oxygens (including phenoxy) is 1. The predicted molar refractivity (Wildman–Crippen MR) is 93.1 cm³/mol. The summed E-state index contributed by atoms with van der Waals surface area (Å²) < 4.78 is 5.77. The van der Waals surface area contributed by atoms with Crippen LogP contribution in [-0.2, 0) is 16.0 Å². The second-order valence-corrected chi connectivity index (χ2v) is 6.97. The van der Waals surface area contributed by atoms with Crippen molar-refractivity contribution in [3.05, 3.63) is 47.0 Å². The Morgan fingerprint density at radius 2 is 2.28 bits per heavy atom. The van der Waals surface area contributed by atoms with Crippen molar-refractivity contribution < 1.29 is 9.53 Å². The summed E-state index contributed by atoms with van der Waals surface area (Å²) in [5, 5.41) is 7.02. The van der Waals surface area contributed by atoms with Gasteiger partial charge in [-0.2, -0.15) is 5.10 Å². The number of fused-ring (bicyclic) bond motifs is 1. The standard InChI is InChI=1S/C19H24N4O2/c1-13-20-19(22-21-13)17-12-23(9-10-25-17)18(24)11-15-7-4-6-14-5-2-3-8-16(14)15/h2-3,5,8,15,17H,4,6-7,9-12H2,1H3,(H,20,21,22)/t15-,17+/m0/s1. The minimum atomic E-state index is -0.235. The molecule has 1 aromatic heterocycles. The number of carbonyl (C=O) groups is 1. The van der Waals surface area contributed by atoms with Crippen LogP contribution in [0.4, 0.5) is 0 Å². The van der Waals surface area contributed by atoms with Gasteiger partial charge in [0, 0.05) is 13.0 Å². The van der Waals surface area contributed by atoms with Crippen LogP contribution in [0.5, 0.6) is 0 Å². The second-order valence-electron chi connectivity index (χ2n) is 6.97. The number of hydrogen-bond donors (Lipinski definition) is 1. The average molecular weight is 340 g/mol. The molecule has 0 unspecified atom stereocenters. The molecule has 1 aliphatic heterocycles. The van der Waals surface area contributed by atoms with Gasteiger partial charge in [-0.15, -0.1) is 0 Å². The van der Waals surface area contributed by atoms with Gasteiger partial charge in [0.1, 0.15) is 11.9 Å². The van der Waals surface area contributed by atoms with Gasteiger partial charge in [0.2, 0.25) is 5.91 Å². The van der Waals surface area contributed by atoms with Crippen LogP contribution in [0.25, 0.3) is 0 Å². The molecule has 1 saturated heterocycles. The number of benzene rings is 1. The third-order valence-corrected chi connectivity index (χ3v) is 5.24. The van der Waals surface area contributed by atoms with Gasteiger partial charge in [-0.3, -0.25) is 9.89 Å². The van der Waals surface area contributed by atoms with Gasteiger partial charge in [-0.25, -0.2) is 4.98 Å². The Bertz CT molecular complexity index is 757. The Kier molecular flexibility index (Phi) is 4.53. The van der Waals surface area contributed by atoms with Crippen molar-refractivity contribution in [3.8, 4) is 0 Å². The first-order chi connectivity index (χ1) is 12.2. The molecule has 25 heavy (non-hydrogen) atoms. The topological polar surface area (TPSA) is 71.1 Å². The molecule has 0 saturated carbocycles. The van der Waals surface area contributed by atoms with Gasteiger partial charge < -0.3 is 9.64 Å². The minimum absolute atomic E-state index is 0.210. The summed E-state index contributed by atoms with van der Waals surface area (Å²) in [5.74, 6) is 1.95. The number of aryl methyl sites for hydroxylation is 2. The molecule has 4 rings (SSSR count). The second kappa shape index (κ2) is 6.96. The van der Waals surface area contributed by atoms with E-state index < -0.39 is 0 Å². The van der Waals surface area contributed by atoms with Crippen LogP contribution < -0.4 is 0 Å². The molecular formula is C19H24N4O2. The maximum atomic E-state index is 12.9. The molecule has 2 heterocycles. The fourth-order valence-corrected chi connectivity index (χ4v) is 3.94. The Morgan fingerprint density at radius 3 is 3.12 bits per heavy atom. The van der Waals surface area contributed by atoms with E-state index in [0.29, 0.717) is 37.9 Å². The zero-order chi connectivity index (χ0) is 17.2. The molecule has 2 aromatic rings. The van der Waals surface area contributed by atoms with E-state index in [2.05, 4.69) is 39.4 Å². The zero-order valence-electron chi connectivity index (χ0n) is 14.6. The molecule has 132 valence electrons. The highest BCUT2D eigenvalue weighted by Gasteiger charge is 2.30. The lowest BCUT2D eigenvalue weighted by Gasteiger charge is -2.33. The molecular weight excluding hydrogens is 316 g/mol. The number of hydrogen-bond acceptors (Lipinski definition) is 4. The molecule has 6 nitrogen and oxygen atoms in total. The number of aromatic nitrogens is 3. The normalized spacial score (nSPS) is 23.3. The van der Waals surface area contributed by atoms with Crippen LogP contribution in [0, 0.1) is 6.92 Å². The van der Waals surface area contributed by atoms with Crippen LogP contribution in [0.3, 0.4) is 0 Å². The molecule has 1 aromatic carbocycles. The number of H-pyrrole nitrogens is 1. The highest BCUT2D eigenvalue weighted by Crippen LogP contribution is 2.34. The SMILES string of the molecule is Cc1nc([C@H]2CN(C(=O)C[C@@H]3CCCc4ccccc43)CCO2)n[nH]1. The van der Waals surface area contributed by atoms with E-state index in [0.717, 1.165) is 25.1 Å². The van der Waals surface area contributed by atoms with Crippen LogP contribution in [0.1, 0.15) is 54.1 Å². The quantitative estimate of drug-likeness (QED) is 0.932. The van der Waals surface area contributed by atoms with Gasteiger partial charge in [-0.1, -0.05) is 24.3 Å². The summed E-state index contributed by atoms with van der Waals surface area (Å²) in [6.07, 6.45) is 3.73. The Morgan fingerprint density at radius 1 is 1.40 bits per heavy atom. The Labute approximate surface area is 147 Å². The number of nitrogens with one attached hydrogen (secondary N) is 1. The van der Waals surface area contributed by atoms with Crippen LogP contribution in [-0.4, -0.2) is 45.7 Å². The summed E-state index contributed by atoms with van der Waals surface area (Å²) in [7, 11) is 0. The molecule has 0 spiro atoms. The van der Waals surface area contributed by atoms with Crippen molar-refractivity contribution in [3.63, 3.8) is 0 Å². The lowest BCUT2D eigenvalue weighted by molar-refractivity contribution is -0.139. The third-order valence-electron chi connectivity index (χ3n) is 5.24. The molecule has 6 heteroatoms. The molecule has 2 aliphatic rings. The Balaban J connectivity index is 1.43. The van der Waals surface area contributed by atoms with Crippen LogP contribution in [0.2, 0.25) is 0 Å². The fraction of sp³-hybridized carbons (Fsp3) is 0.526. The average Bonchev–Trinajstić information content (AvgIpc) is 3.09. The number of carbonyl (C=O) groups excluding carboxylic acids is 1. The van der Waals surface area contributed by atoms with Crippen molar-refractivity contribution in [2.24, 2.45) is 0 Å². The van der Waals surface area contributed by atoms with Crippen LogP contribution >= 0.6 is 0 Å². The van der Waals surface area contributed by atoms with Gasteiger partial charge in [-0.05, 0) is 43.2 Å². The highest BCUT2D eigenvalue weighted by molar-refractivity contribution is 5.77. The van der Waals surface area contributed by atoms with Crippen molar-refractivity contribution in [2.75, 3.05) is 19.7 Å². The fourth-order valence-electron chi connectivity index (χ4n) is 3.94. The molecule has 1 aliphatic carbocycles. The third kappa shape index (κ3) is 3.44. The first-order valence-electron chi connectivity index (χ1n) is 9.07. The van der Waals surface area contributed by atoms with E-state index in [9.17, 15) is 4.79 Å². The summed E-state index contributed by atoms with van der Waals surface area (Å²) in [6, 6.07) is 8.56. The van der Waals surface area contributed by atoms with Crippen LogP contribution in [0.15, 0.2) is 24.3 Å². The number of aromatic amines is 1. The summed E-state index contributed by atoms with van der Waals surface area (Å²) >= 11 is 0. The van der Waals surface area contributed by atoms with E-state index in [1.165, 1.54) is 11.1 Å². The molecule has 1 fully saturated rings. The molecule has 0 bridgehead atoms. The zero-order valence-corrected chi connectivity index (χ0v) is 14.6. The number of amides is 1. The van der Waals surface area contributed by atoms with Gasteiger partial charge in [0.25, 0.3) is 0 Å². The first kappa shape index (κ1) is 16.3. The monoisotopic (exact) mass is 340 g/mol. The minimum Gasteiger partial charge on any atom is -0.366 e. The summed E-state index contributed by atoms with van der Waals surface area (Å²) in [5.41, 5.74) is 2.76. The maximum absolute atomic E-state index is 12.9. The number of morpholine rings is 1. The van der Waals surface area contributed by atoms with E-state index in [-0.39, 0.29) is 12.0 Å². The van der Waals surface area contributed by atoms with Gasteiger partial charge in [0.15, 0.2) is 5.82 Å². The maximum Gasteiger partial charge on any atom is 0.223 e. The molecule has 0 radical (unpaired) electrons. The molecule has 2 atom stereocenters. The molecule has 1 N–H and O–H groups in total. The van der Waals surface area contributed by atoms with Crippen molar-refractivity contribution in [1.29, 1.82) is 0 Å². The molecule has 1 amide bonds. The van der Waals surface area contributed by atoms with Crippen molar-refractivity contribution in [1.82, 2.24) is 20.1 Å². The first-order valence-corrected chi connectivity index (χ1v) is 9.07. The van der Waals surface area contributed by atoms with Crippen molar-refractivity contribution >= 4 is 5.91 Å². The summed E-state index contributed by atoms with van der Waals surface area (Å²) in [6.45, 7) is 3.58.